The SMILES string of the molecule is [K+].[O]=[V][O]P(=O)([O-])F. The number of rotatable bonds is 2. The van der Waals surface area contributed by atoms with E-state index in [4.69, 9.17) is 0 Å². The van der Waals surface area contributed by atoms with Crippen molar-refractivity contribution in [2.24, 2.45) is 0 Å². The summed E-state index contributed by atoms with van der Waals surface area (Å²) in [6, 6.07) is 0. The molecule has 0 heterocycles. The monoisotopic (exact) mass is 204 g/mol. The minimum absolute atomic E-state index is 0. The van der Waals surface area contributed by atoms with E-state index in [9.17, 15) is 17.3 Å². The molecule has 0 bridgehead atoms. The minimum atomic E-state index is -5.19. The van der Waals surface area contributed by atoms with Gasteiger partial charge in [-0.3, -0.25) is 0 Å². The molecule has 0 N–H and O–H groups in total. The Labute approximate surface area is 94.9 Å². The van der Waals surface area contributed by atoms with E-state index in [1.165, 1.54) is 0 Å². The number of halogens is 1. The molecule has 0 aliphatic carbocycles. The Morgan fingerprint density at radius 3 is 2.12 bits per heavy atom. The molecule has 1 atom stereocenters. The van der Waals surface area contributed by atoms with Gasteiger partial charge in [0.2, 0.25) is 0 Å². The summed E-state index contributed by atoms with van der Waals surface area (Å²) in [7, 11) is -5.19. The summed E-state index contributed by atoms with van der Waals surface area (Å²) in [5, 5.41) is 0. The van der Waals surface area contributed by atoms with Crippen LogP contribution < -0.4 is 56.3 Å². The molecule has 8 heavy (non-hydrogen) atoms. The zero-order valence-corrected chi connectivity index (χ0v) is 9.32. The van der Waals surface area contributed by atoms with E-state index >= 15 is 0 Å². The van der Waals surface area contributed by atoms with Crippen molar-refractivity contribution >= 4 is 7.91 Å². The van der Waals surface area contributed by atoms with Gasteiger partial charge in [-0.2, -0.15) is 0 Å². The van der Waals surface area contributed by atoms with Gasteiger partial charge >= 0.3 is 96.7 Å². The van der Waals surface area contributed by atoms with E-state index in [0.717, 1.165) is 0 Å². The van der Waals surface area contributed by atoms with Crippen molar-refractivity contribution < 1.29 is 88.8 Å². The molecular weight excluding hydrogens is 204 g/mol. The van der Waals surface area contributed by atoms with Gasteiger partial charge in [0, 0.05) is 0 Å². The van der Waals surface area contributed by atoms with Crippen molar-refractivity contribution in [1.29, 1.82) is 0 Å². The van der Waals surface area contributed by atoms with Crippen LogP contribution in [-0.4, -0.2) is 0 Å². The van der Waals surface area contributed by atoms with Crippen LogP contribution in [0.15, 0.2) is 0 Å². The van der Waals surface area contributed by atoms with Gasteiger partial charge in [-0.25, -0.2) is 0 Å². The Morgan fingerprint density at radius 1 is 1.75 bits per heavy atom. The molecule has 0 saturated heterocycles. The first-order valence-corrected chi connectivity index (χ1v) is 3.66. The van der Waals surface area contributed by atoms with Crippen LogP contribution in [0.5, 0.6) is 0 Å². The molecule has 1 unspecified atom stereocenters. The Morgan fingerprint density at radius 2 is 2.12 bits per heavy atom. The van der Waals surface area contributed by atoms with Crippen molar-refractivity contribution in [1.82, 2.24) is 0 Å². The van der Waals surface area contributed by atoms with Crippen LogP contribution >= 0.6 is 7.91 Å². The fraction of sp³-hybridized carbons (Fsp3) is 0. The summed E-state index contributed by atoms with van der Waals surface area (Å²) in [6.45, 7) is 0. The second-order valence-electron chi connectivity index (χ2n) is 0.587. The normalized spacial score (nSPS) is 15.8. The van der Waals surface area contributed by atoms with Gasteiger partial charge in [-0.15, -0.1) is 0 Å². The first kappa shape index (κ1) is 12.7. The maximum absolute atomic E-state index is 11.0. The van der Waals surface area contributed by atoms with Gasteiger partial charge in [0.25, 0.3) is 0 Å². The Kier molecular flexibility index (Phi) is 9.33. The fourth-order valence-electron chi connectivity index (χ4n) is 0.0398. The van der Waals surface area contributed by atoms with Crippen molar-refractivity contribution in [2.75, 3.05) is 0 Å². The number of hydrogen-bond acceptors (Lipinski definition) is 4. The zero-order chi connectivity index (χ0) is 5.91. The predicted molar refractivity (Wildman–Crippen MR) is 10.5 cm³/mol. The van der Waals surface area contributed by atoms with Crippen molar-refractivity contribution in [3.05, 3.63) is 0 Å². The van der Waals surface area contributed by atoms with Crippen LogP contribution in [0.4, 0.5) is 4.20 Å². The van der Waals surface area contributed by atoms with E-state index in [0.29, 0.717) is 0 Å². The maximum atomic E-state index is 11.0. The molecule has 42 valence electrons. The average Bonchev–Trinajstić information content (AvgIpc) is 1.30. The van der Waals surface area contributed by atoms with Crippen LogP contribution in [0.25, 0.3) is 0 Å². The molecule has 0 aliphatic heterocycles. The quantitative estimate of drug-likeness (QED) is 0.350. The summed E-state index contributed by atoms with van der Waals surface area (Å²) in [4.78, 5) is 9.19. The van der Waals surface area contributed by atoms with Crippen LogP contribution in [0.3, 0.4) is 0 Å². The first-order valence-electron chi connectivity index (χ1n) is 1.08. The summed E-state index contributed by atoms with van der Waals surface area (Å²) < 4.78 is 32.5. The Hall–Kier alpha value is 2.10. The Bertz CT molecular complexity index is 109. The summed E-state index contributed by atoms with van der Waals surface area (Å²) in [5.74, 6) is 0. The van der Waals surface area contributed by atoms with E-state index in [2.05, 4.69) is 3.45 Å². The molecule has 0 spiro atoms. The van der Waals surface area contributed by atoms with E-state index in [-0.39, 0.29) is 51.4 Å². The molecule has 0 rings (SSSR count). The topological polar surface area (TPSA) is 66.4 Å². The molecule has 0 aromatic heterocycles. The molecule has 0 amide bonds. The number of hydrogen-bond donors (Lipinski definition) is 0. The summed E-state index contributed by atoms with van der Waals surface area (Å²) >= 11 is -2.07. The first-order chi connectivity index (χ1) is 3.06. The fourth-order valence-corrected chi connectivity index (χ4v) is 0.492. The van der Waals surface area contributed by atoms with E-state index in [1.54, 1.807) is 0 Å². The third-order valence-electron chi connectivity index (χ3n) is 0.131. The molecule has 0 radical (unpaired) electrons. The van der Waals surface area contributed by atoms with Gasteiger partial charge in [0.15, 0.2) is 0 Å². The molecule has 0 aromatic carbocycles. The van der Waals surface area contributed by atoms with E-state index in [1.807, 2.05) is 0 Å². The molecule has 0 saturated carbocycles. The van der Waals surface area contributed by atoms with Gasteiger partial charge in [-0.05, 0) is 0 Å². The molecular formula is FKO4PV. The molecule has 4 nitrogen and oxygen atoms in total. The van der Waals surface area contributed by atoms with Gasteiger partial charge in [0.05, 0.1) is 0 Å². The second kappa shape index (κ2) is 5.85. The molecule has 0 aromatic rings. The van der Waals surface area contributed by atoms with Crippen LogP contribution in [0.2, 0.25) is 0 Å². The van der Waals surface area contributed by atoms with Crippen molar-refractivity contribution in [3.8, 4) is 0 Å². The third-order valence-corrected chi connectivity index (χ3v) is 1.62. The summed E-state index contributed by atoms with van der Waals surface area (Å²) in [5.41, 5.74) is 0. The van der Waals surface area contributed by atoms with Crippen molar-refractivity contribution in [2.45, 2.75) is 0 Å². The van der Waals surface area contributed by atoms with Crippen LogP contribution in [-0.2, 0) is 28.3 Å². The zero-order valence-electron chi connectivity index (χ0n) is 3.91. The predicted octanol–water partition coefficient (Wildman–Crippen LogP) is -3.21. The van der Waals surface area contributed by atoms with E-state index < -0.39 is 24.5 Å². The third kappa shape index (κ3) is 11.0. The molecule has 8 heteroatoms. The van der Waals surface area contributed by atoms with Gasteiger partial charge in [0.1, 0.15) is 0 Å². The second-order valence-corrected chi connectivity index (χ2v) is 2.61. The average molecular weight is 204 g/mol. The van der Waals surface area contributed by atoms with Crippen molar-refractivity contribution in [3.63, 3.8) is 0 Å². The molecule has 0 fully saturated rings. The van der Waals surface area contributed by atoms with Gasteiger partial charge < -0.3 is 0 Å². The standard InChI is InChI=1S/FH2O3P.K.O.V/c1-5(2,3)4;;;/h(H2,2,3,4);;;/q;+1;;+1/p-2. The summed E-state index contributed by atoms with van der Waals surface area (Å²) in [6.07, 6.45) is 0. The Balaban J connectivity index is 0. The van der Waals surface area contributed by atoms with Crippen LogP contribution in [0.1, 0.15) is 0 Å². The van der Waals surface area contributed by atoms with Crippen LogP contribution in [0, 0.1) is 0 Å². The molecule has 0 aliphatic rings. The van der Waals surface area contributed by atoms with Gasteiger partial charge in [-0.1, -0.05) is 0 Å².